The van der Waals surface area contributed by atoms with E-state index in [-0.39, 0.29) is 11.9 Å². The number of nitrogens with zero attached hydrogens (tertiary/aromatic N) is 3. The summed E-state index contributed by atoms with van der Waals surface area (Å²) in [6.07, 6.45) is 2.63. The van der Waals surface area contributed by atoms with Crippen molar-refractivity contribution >= 4 is 10.8 Å². The smallest absolute Gasteiger partial charge is 0.131 e. The minimum atomic E-state index is -0.378. The van der Waals surface area contributed by atoms with E-state index in [9.17, 15) is 4.39 Å². The molecule has 0 radical (unpaired) electrons. The standard InChI is InChI=1S/C16H17FN4/c1-2-9-21-15(10-19-20-21)16(18)13-7-8-14(17)12-6-4-3-5-11(12)13/h3-8,10,16H,2,9,18H2,1H3. The summed E-state index contributed by atoms with van der Waals surface area (Å²) in [5, 5.41) is 9.42. The highest BCUT2D eigenvalue weighted by Crippen LogP contribution is 2.28. The Balaban J connectivity index is 2.12. The van der Waals surface area contributed by atoms with Crippen LogP contribution in [0, 0.1) is 5.82 Å². The summed E-state index contributed by atoms with van der Waals surface area (Å²) in [7, 11) is 0. The molecule has 0 saturated heterocycles. The van der Waals surface area contributed by atoms with Gasteiger partial charge in [0.2, 0.25) is 0 Å². The van der Waals surface area contributed by atoms with Crippen molar-refractivity contribution in [2.75, 3.05) is 0 Å². The zero-order valence-corrected chi connectivity index (χ0v) is 11.8. The van der Waals surface area contributed by atoms with Crippen LogP contribution in [0.4, 0.5) is 4.39 Å². The fourth-order valence-corrected chi connectivity index (χ4v) is 2.61. The van der Waals surface area contributed by atoms with Gasteiger partial charge >= 0.3 is 0 Å². The second-order valence-electron chi connectivity index (χ2n) is 5.04. The highest BCUT2D eigenvalue weighted by Gasteiger charge is 2.18. The molecule has 0 aliphatic heterocycles. The number of nitrogens with two attached hydrogens (primary N) is 1. The van der Waals surface area contributed by atoms with Gasteiger partial charge in [0.1, 0.15) is 5.82 Å². The van der Waals surface area contributed by atoms with Gasteiger partial charge in [0, 0.05) is 11.9 Å². The molecule has 3 aromatic rings. The molecule has 0 amide bonds. The van der Waals surface area contributed by atoms with Crippen LogP contribution in [-0.4, -0.2) is 15.0 Å². The van der Waals surface area contributed by atoms with Gasteiger partial charge in [-0.25, -0.2) is 9.07 Å². The first-order valence-corrected chi connectivity index (χ1v) is 7.03. The second kappa shape index (κ2) is 5.61. The maximum Gasteiger partial charge on any atom is 0.131 e. The lowest BCUT2D eigenvalue weighted by molar-refractivity contribution is 0.544. The predicted molar refractivity (Wildman–Crippen MR) is 80.2 cm³/mol. The van der Waals surface area contributed by atoms with Crippen molar-refractivity contribution in [3.63, 3.8) is 0 Å². The molecule has 2 aromatic carbocycles. The topological polar surface area (TPSA) is 56.7 Å². The lowest BCUT2D eigenvalue weighted by Gasteiger charge is -2.16. The zero-order chi connectivity index (χ0) is 14.8. The third-order valence-corrected chi connectivity index (χ3v) is 3.64. The van der Waals surface area contributed by atoms with Crippen molar-refractivity contribution in [2.45, 2.75) is 25.9 Å². The summed E-state index contributed by atoms with van der Waals surface area (Å²) in [5.74, 6) is -0.234. The van der Waals surface area contributed by atoms with Crippen LogP contribution in [0.3, 0.4) is 0 Å². The number of aromatic nitrogens is 3. The summed E-state index contributed by atoms with van der Waals surface area (Å²) in [6, 6.07) is 10.2. The molecule has 21 heavy (non-hydrogen) atoms. The Morgan fingerprint density at radius 1 is 1.19 bits per heavy atom. The molecule has 0 bridgehead atoms. The maximum absolute atomic E-state index is 13.9. The number of aryl methyl sites for hydroxylation is 1. The van der Waals surface area contributed by atoms with E-state index in [2.05, 4.69) is 17.2 Å². The van der Waals surface area contributed by atoms with Crippen LogP contribution < -0.4 is 5.73 Å². The molecular formula is C16H17FN4. The second-order valence-corrected chi connectivity index (χ2v) is 5.04. The van der Waals surface area contributed by atoms with E-state index >= 15 is 0 Å². The fourth-order valence-electron chi connectivity index (χ4n) is 2.61. The Bertz CT molecular complexity index is 766. The van der Waals surface area contributed by atoms with Gasteiger partial charge in [-0.15, -0.1) is 5.10 Å². The van der Waals surface area contributed by atoms with Gasteiger partial charge in [0.25, 0.3) is 0 Å². The number of halogens is 1. The van der Waals surface area contributed by atoms with Crippen LogP contribution in [0.2, 0.25) is 0 Å². The molecule has 1 heterocycles. The summed E-state index contributed by atoms with van der Waals surface area (Å²) < 4.78 is 15.7. The molecule has 1 atom stereocenters. The van der Waals surface area contributed by atoms with Crippen molar-refractivity contribution < 1.29 is 4.39 Å². The Morgan fingerprint density at radius 3 is 2.71 bits per heavy atom. The van der Waals surface area contributed by atoms with Crippen LogP contribution in [0.1, 0.15) is 30.6 Å². The van der Waals surface area contributed by atoms with Crippen LogP contribution in [0.25, 0.3) is 10.8 Å². The predicted octanol–water partition coefficient (Wildman–Crippen LogP) is 3.03. The van der Waals surface area contributed by atoms with Gasteiger partial charge in [0.15, 0.2) is 0 Å². The Kier molecular flexibility index (Phi) is 3.66. The highest BCUT2D eigenvalue weighted by atomic mass is 19.1. The largest absolute Gasteiger partial charge is 0.319 e. The zero-order valence-electron chi connectivity index (χ0n) is 11.8. The molecular weight excluding hydrogens is 267 g/mol. The molecule has 0 saturated carbocycles. The summed E-state index contributed by atoms with van der Waals surface area (Å²) >= 11 is 0. The molecule has 0 spiro atoms. The molecule has 0 aliphatic carbocycles. The molecule has 5 heteroatoms. The normalized spacial score (nSPS) is 12.7. The minimum Gasteiger partial charge on any atom is -0.319 e. The number of hydrogen-bond donors (Lipinski definition) is 1. The first kappa shape index (κ1) is 13.7. The first-order chi connectivity index (χ1) is 10.2. The third kappa shape index (κ3) is 2.40. The quantitative estimate of drug-likeness (QED) is 0.801. The third-order valence-electron chi connectivity index (χ3n) is 3.64. The van der Waals surface area contributed by atoms with E-state index in [0.717, 1.165) is 29.6 Å². The van der Waals surface area contributed by atoms with Crippen LogP contribution in [0.15, 0.2) is 42.6 Å². The highest BCUT2D eigenvalue weighted by molar-refractivity contribution is 5.87. The number of fused-ring (bicyclic) bond motifs is 1. The van der Waals surface area contributed by atoms with Crippen LogP contribution >= 0.6 is 0 Å². The van der Waals surface area contributed by atoms with E-state index < -0.39 is 0 Å². The van der Waals surface area contributed by atoms with Crippen molar-refractivity contribution in [1.29, 1.82) is 0 Å². The van der Waals surface area contributed by atoms with Crippen molar-refractivity contribution in [2.24, 2.45) is 5.73 Å². The van der Waals surface area contributed by atoms with E-state index in [1.54, 1.807) is 18.3 Å². The van der Waals surface area contributed by atoms with Gasteiger partial charge in [-0.2, -0.15) is 0 Å². The van der Waals surface area contributed by atoms with Gasteiger partial charge in [-0.05, 0) is 23.4 Å². The minimum absolute atomic E-state index is 0.234. The van der Waals surface area contributed by atoms with Crippen LogP contribution in [-0.2, 0) is 6.54 Å². The van der Waals surface area contributed by atoms with Gasteiger partial charge in [0.05, 0.1) is 17.9 Å². The van der Waals surface area contributed by atoms with Gasteiger partial charge in [-0.1, -0.05) is 42.5 Å². The number of rotatable bonds is 4. The SMILES string of the molecule is CCCn1nncc1C(N)c1ccc(F)c2ccccc12. The molecule has 0 aliphatic rings. The van der Waals surface area contributed by atoms with Gasteiger partial charge < -0.3 is 5.73 Å². The number of benzene rings is 2. The lowest BCUT2D eigenvalue weighted by Crippen LogP contribution is -2.18. The van der Waals surface area contributed by atoms with Crippen molar-refractivity contribution in [3.8, 4) is 0 Å². The molecule has 0 fully saturated rings. The average molecular weight is 284 g/mol. The number of hydrogen-bond acceptors (Lipinski definition) is 3. The molecule has 1 aromatic heterocycles. The maximum atomic E-state index is 13.9. The van der Waals surface area contributed by atoms with E-state index in [1.807, 2.05) is 22.9 Å². The van der Waals surface area contributed by atoms with E-state index in [4.69, 9.17) is 5.73 Å². The lowest BCUT2D eigenvalue weighted by atomic mass is 9.97. The Labute approximate surface area is 122 Å². The monoisotopic (exact) mass is 284 g/mol. The van der Waals surface area contributed by atoms with Gasteiger partial charge in [-0.3, -0.25) is 0 Å². The average Bonchev–Trinajstić information content (AvgIpc) is 2.96. The Morgan fingerprint density at radius 2 is 1.95 bits per heavy atom. The van der Waals surface area contributed by atoms with Crippen LogP contribution in [0.5, 0.6) is 0 Å². The van der Waals surface area contributed by atoms with Crippen molar-refractivity contribution in [1.82, 2.24) is 15.0 Å². The van der Waals surface area contributed by atoms with E-state index in [1.165, 1.54) is 6.07 Å². The van der Waals surface area contributed by atoms with E-state index in [0.29, 0.717) is 5.39 Å². The summed E-state index contributed by atoms with van der Waals surface area (Å²) in [6.45, 7) is 2.84. The Hall–Kier alpha value is -2.27. The molecule has 2 N–H and O–H groups in total. The summed E-state index contributed by atoms with van der Waals surface area (Å²) in [4.78, 5) is 0. The first-order valence-electron chi connectivity index (χ1n) is 7.03. The molecule has 4 nitrogen and oxygen atoms in total. The fraction of sp³-hybridized carbons (Fsp3) is 0.250. The van der Waals surface area contributed by atoms with Crippen molar-refractivity contribution in [3.05, 3.63) is 59.7 Å². The molecule has 108 valence electrons. The molecule has 3 rings (SSSR count). The summed E-state index contributed by atoms with van der Waals surface area (Å²) in [5.41, 5.74) is 8.11. The molecule has 1 unspecified atom stereocenters.